The van der Waals surface area contributed by atoms with Crippen molar-refractivity contribution in [2.45, 2.75) is 132 Å². The predicted octanol–water partition coefficient (Wildman–Crippen LogP) is 11.9. The van der Waals surface area contributed by atoms with Crippen molar-refractivity contribution in [1.82, 2.24) is 0 Å². The van der Waals surface area contributed by atoms with Crippen molar-refractivity contribution in [1.29, 1.82) is 0 Å². The highest BCUT2D eigenvalue weighted by Crippen LogP contribution is 2.66. The van der Waals surface area contributed by atoms with Gasteiger partial charge in [-0.2, -0.15) is 0 Å². The van der Waals surface area contributed by atoms with Crippen LogP contribution in [0, 0.1) is 94.9 Å². The van der Waals surface area contributed by atoms with Gasteiger partial charge in [0.1, 0.15) is 0 Å². The Morgan fingerprint density at radius 3 is 1.05 bits per heavy atom. The molecule has 4 saturated carbocycles. The molecule has 0 spiro atoms. The Balaban J connectivity index is 0.982. The molecule has 2 atom stereocenters. The highest BCUT2D eigenvalue weighted by molar-refractivity contribution is 6.97. The Bertz CT molecular complexity index is 2800. The van der Waals surface area contributed by atoms with Crippen LogP contribution in [0.25, 0.3) is 11.1 Å². The van der Waals surface area contributed by atoms with E-state index in [1.165, 1.54) is 149 Å². The molecule has 0 aromatic heterocycles. The second kappa shape index (κ2) is 16.8. The van der Waals surface area contributed by atoms with Gasteiger partial charge in [-0.25, -0.2) is 0 Å². The zero-order chi connectivity index (χ0) is 46.4. The minimum absolute atomic E-state index is 0.167. The zero-order valence-corrected chi connectivity index (χ0v) is 42.1. The largest absolute Gasteiger partial charge is 0.242 e. The van der Waals surface area contributed by atoms with Gasteiger partial charge >= 0.3 is 0 Å². The summed E-state index contributed by atoms with van der Waals surface area (Å²) in [5.74, 6) is 1.59. The van der Waals surface area contributed by atoms with Gasteiger partial charge in [0.25, 0.3) is 0 Å². The summed E-state index contributed by atoms with van der Waals surface area (Å²) >= 11 is 0. The molecule has 0 amide bonds. The third kappa shape index (κ3) is 7.75. The highest BCUT2D eigenvalue weighted by atomic mass is 14.6. The molecule has 2 unspecified atom stereocenters. The lowest BCUT2D eigenvalue weighted by Gasteiger charge is -2.63. The third-order valence-electron chi connectivity index (χ3n) is 17.1. The van der Waals surface area contributed by atoms with Crippen LogP contribution in [-0.2, 0) is 10.8 Å². The van der Waals surface area contributed by atoms with Gasteiger partial charge in [-0.3, -0.25) is 0 Å². The van der Waals surface area contributed by atoms with Crippen LogP contribution in [0.5, 0.6) is 0 Å². The molecule has 0 N–H and O–H groups in total. The molecule has 4 aliphatic carbocycles. The number of benzene rings is 7. The van der Waals surface area contributed by atoms with E-state index in [1.807, 2.05) is 0 Å². The van der Waals surface area contributed by atoms with Crippen molar-refractivity contribution in [3.05, 3.63) is 199 Å². The van der Waals surface area contributed by atoms with Gasteiger partial charge in [0.05, 0.1) is 0 Å². The van der Waals surface area contributed by atoms with Gasteiger partial charge in [-0.15, -0.1) is 0 Å². The second-order valence-corrected chi connectivity index (χ2v) is 22.5. The third-order valence-corrected chi connectivity index (χ3v) is 17.1. The molecule has 66 heavy (non-hydrogen) atoms. The van der Waals surface area contributed by atoms with E-state index in [0.717, 1.165) is 11.8 Å². The molecule has 4 fully saturated rings. The monoisotopic (exact) mass is 861 g/mol. The molecule has 332 valence electrons. The fourth-order valence-electron chi connectivity index (χ4n) is 15.4. The summed E-state index contributed by atoms with van der Waals surface area (Å²) in [6.45, 7) is 27.8. The van der Waals surface area contributed by atoms with E-state index in [-0.39, 0.29) is 24.3 Å². The Hall–Kier alpha value is -5.33. The van der Waals surface area contributed by atoms with Crippen molar-refractivity contribution in [3.8, 4) is 11.1 Å². The van der Waals surface area contributed by atoms with Crippen molar-refractivity contribution in [2.75, 3.05) is 0 Å². The van der Waals surface area contributed by atoms with Crippen LogP contribution >= 0.6 is 0 Å². The van der Waals surface area contributed by atoms with Gasteiger partial charge in [0.15, 0.2) is 0 Å². The maximum absolute atomic E-state index is 2.57. The summed E-state index contributed by atoms with van der Waals surface area (Å²) in [5.41, 5.74) is 31.3. The summed E-state index contributed by atoms with van der Waals surface area (Å²) in [5, 5.41) is 0. The molecule has 0 heterocycles. The van der Waals surface area contributed by atoms with Crippen LogP contribution in [0.3, 0.4) is 0 Å². The van der Waals surface area contributed by atoms with Gasteiger partial charge in [-0.1, -0.05) is 221 Å². The van der Waals surface area contributed by atoms with E-state index in [1.54, 1.807) is 11.1 Å². The van der Waals surface area contributed by atoms with E-state index < -0.39 is 0 Å². The minimum Gasteiger partial charge on any atom is -0.0686 e. The van der Waals surface area contributed by atoms with Crippen molar-refractivity contribution in [2.24, 2.45) is 11.8 Å². The number of hydrogen-bond donors (Lipinski definition) is 0. The standard InChI is InChI=1S/C64H70B2/c1-39-24-43(5)59(44(6)25-39)65(60-45(7)26-40(2)27-46(60)8)57-22-20-56(21-23-57)64-36-51-32-52(37-64)35-63(34-51,38-64)55-18-16-53(17-19-55)54-14-13-15-58(33-54)66(61-47(9)28-41(3)29-48(61)10)62-49(11)30-42(4)31-50(62)12/h13-31,33,51-52H,32,34-38H2,1-12H3. The lowest BCUT2D eigenvalue weighted by atomic mass is 9.34. The SMILES string of the molecule is Cc1cc(C)c(B(c2ccc(C34CC5CC(C3)CC(c3ccc(-c6cccc(B(c7c(C)cc(C)cc7C)c7c(C)cc(C)cc7C)c6)cc3)(C5)C4)cc2)c2c(C)cc(C)cc2C)c(C)c1. The Kier molecular flexibility index (Phi) is 11.3. The summed E-state index contributed by atoms with van der Waals surface area (Å²) in [6.07, 6.45) is 8.03. The van der Waals surface area contributed by atoms with E-state index in [0.29, 0.717) is 0 Å². The van der Waals surface area contributed by atoms with Crippen molar-refractivity contribution >= 4 is 46.2 Å². The van der Waals surface area contributed by atoms with Crippen LogP contribution < -0.4 is 32.8 Å². The molecule has 7 aromatic carbocycles. The van der Waals surface area contributed by atoms with Gasteiger partial charge in [0, 0.05) is 0 Å². The highest BCUT2D eigenvalue weighted by Gasteiger charge is 2.58. The second-order valence-electron chi connectivity index (χ2n) is 22.5. The fraction of sp³-hybridized carbons (Fsp3) is 0.344. The molecule has 4 bridgehead atoms. The molecule has 0 radical (unpaired) electrons. The Morgan fingerprint density at radius 2 is 0.682 bits per heavy atom. The average Bonchev–Trinajstić information content (AvgIpc) is 3.24. The first-order chi connectivity index (χ1) is 31.5. The maximum Gasteiger partial charge on any atom is 0.242 e. The fourth-order valence-corrected chi connectivity index (χ4v) is 15.4. The number of rotatable bonds is 9. The van der Waals surface area contributed by atoms with Crippen LogP contribution in [0.2, 0.25) is 0 Å². The molecular formula is C64H70B2. The maximum atomic E-state index is 2.57. The smallest absolute Gasteiger partial charge is 0.0686 e. The quantitative estimate of drug-likeness (QED) is 0.127. The summed E-state index contributed by atoms with van der Waals surface area (Å²) < 4.78 is 0. The van der Waals surface area contributed by atoms with Crippen LogP contribution in [0.1, 0.15) is 116 Å². The molecule has 4 aliphatic rings. The lowest BCUT2D eigenvalue weighted by Crippen LogP contribution is -2.57. The van der Waals surface area contributed by atoms with E-state index >= 15 is 0 Å². The van der Waals surface area contributed by atoms with E-state index in [9.17, 15) is 0 Å². The first-order valence-corrected chi connectivity index (χ1v) is 25.1. The molecule has 7 aromatic rings. The van der Waals surface area contributed by atoms with E-state index in [2.05, 4.69) is 204 Å². The minimum atomic E-state index is 0.167. The summed E-state index contributed by atoms with van der Waals surface area (Å²) in [7, 11) is 0. The lowest BCUT2D eigenvalue weighted by molar-refractivity contribution is -0.0281. The first-order valence-electron chi connectivity index (χ1n) is 25.1. The van der Waals surface area contributed by atoms with Gasteiger partial charge in [0.2, 0.25) is 13.4 Å². The topological polar surface area (TPSA) is 0 Å². The summed E-state index contributed by atoms with van der Waals surface area (Å²) in [6, 6.07) is 48.7. The van der Waals surface area contributed by atoms with Crippen LogP contribution in [0.4, 0.5) is 0 Å². The predicted molar refractivity (Wildman–Crippen MR) is 288 cm³/mol. The molecule has 11 rings (SSSR count). The number of aryl methyl sites for hydroxylation is 12. The average molecular weight is 861 g/mol. The normalized spacial score (nSPS) is 20.8. The Labute approximate surface area is 398 Å². The van der Waals surface area contributed by atoms with Crippen molar-refractivity contribution in [3.63, 3.8) is 0 Å². The van der Waals surface area contributed by atoms with Gasteiger partial charge < -0.3 is 0 Å². The first kappa shape index (κ1) is 44.5. The van der Waals surface area contributed by atoms with E-state index in [4.69, 9.17) is 0 Å². The summed E-state index contributed by atoms with van der Waals surface area (Å²) in [4.78, 5) is 0. The molecule has 0 aliphatic heterocycles. The number of hydrogen-bond acceptors (Lipinski definition) is 0. The Morgan fingerprint density at radius 1 is 0.348 bits per heavy atom. The van der Waals surface area contributed by atoms with Gasteiger partial charge in [-0.05, 0) is 167 Å². The molecule has 0 nitrogen and oxygen atoms in total. The molecule has 0 saturated heterocycles. The van der Waals surface area contributed by atoms with Crippen molar-refractivity contribution < 1.29 is 0 Å². The molecular weight excluding hydrogens is 790 g/mol. The van der Waals surface area contributed by atoms with Crippen LogP contribution in [0.15, 0.2) is 121 Å². The zero-order valence-electron chi connectivity index (χ0n) is 42.1. The van der Waals surface area contributed by atoms with Crippen LogP contribution in [-0.4, -0.2) is 13.4 Å². The molecule has 2 heteroatoms.